The van der Waals surface area contributed by atoms with Crippen LogP contribution < -0.4 is 4.90 Å². The molecule has 0 aliphatic carbocycles. The lowest BCUT2D eigenvalue weighted by Gasteiger charge is -2.20. The lowest BCUT2D eigenvalue weighted by Crippen LogP contribution is -2.30. The number of aryl methyl sites for hydroxylation is 2. The Morgan fingerprint density at radius 2 is 2.05 bits per heavy atom. The van der Waals surface area contributed by atoms with Crippen molar-refractivity contribution in [2.45, 2.75) is 26.2 Å². The van der Waals surface area contributed by atoms with Crippen molar-refractivity contribution in [2.24, 2.45) is 7.05 Å². The van der Waals surface area contributed by atoms with Crippen molar-refractivity contribution in [2.75, 3.05) is 11.4 Å². The summed E-state index contributed by atoms with van der Waals surface area (Å²) < 4.78 is 1.64. The normalized spacial score (nSPS) is 10.5. The molecule has 106 valence electrons. The fourth-order valence-electron chi connectivity index (χ4n) is 2.10. The van der Waals surface area contributed by atoms with E-state index in [1.54, 1.807) is 16.6 Å². The largest absolute Gasteiger partial charge is 0.313 e. The number of tetrazole rings is 1. The first-order valence-corrected chi connectivity index (χ1v) is 6.79. The molecule has 0 bridgehead atoms. The molecule has 0 fully saturated rings. The molecular formula is C14H19N5O. The monoisotopic (exact) mass is 273 g/mol. The van der Waals surface area contributed by atoms with E-state index >= 15 is 0 Å². The van der Waals surface area contributed by atoms with E-state index in [1.807, 2.05) is 37.3 Å². The SMILES string of the molecule is CCN(C(=O)CCCc1nnnn1C)c1ccccc1. The van der Waals surface area contributed by atoms with Crippen molar-refractivity contribution in [3.8, 4) is 0 Å². The standard InChI is InChI=1S/C14H19N5O/c1-3-19(12-8-5-4-6-9-12)14(20)11-7-10-13-15-16-17-18(13)2/h4-6,8-9H,3,7,10-11H2,1-2H3. The number of aromatic nitrogens is 4. The number of hydrogen-bond donors (Lipinski definition) is 0. The second-order valence-corrected chi connectivity index (χ2v) is 4.55. The van der Waals surface area contributed by atoms with Crippen LogP contribution in [0, 0.1) is 0 Å². The first-order chi connectivity index (χ1) is 9.72. The van der Waals surface area contributed by atoms with Gasteiger partial charge in [-0.25, -0.2) is 4.68 Å². The molecule has 1 aromatic carbocycles. The Bertz CT molecular complexity index is 552. The second kappa shape index (κ2) is 6.79. The van der Waals surface area contributed by atoms with Crippen LogP contribution >= 0.6 is 0 Å². The minimum absolute atomic E-state index is 0.133. The highest BCUT2D eigenvalue weighted by molar-refractivity contribution is 5.93. The molecule has 1 heterocycles. The third-order valence-corrected chi connectivity index (χ3v) is 3.18. The Kier molecular flexibility index (Phi) is 4.81. The van der Waals surface area contributed by atoms with Crippen molar-refractivity contribution < 1.29 is 4.79 Å². The molecule has 0 radical (unpaired) electrons. The number of amides is 1. The van der Waals surface area contributed by atoms with Crippen molar-refractivity contribution >= 4 is 11.6 Å². The summed E-state index contributed by atoms with van der Waals surface area (Å²) in [5.41, 5.74) is 0.945. The lowest BCUT2D eigenvalue weighted by atomic mass is 10.2. The van der Waals surface area contributed by atoms with Gasteiger partial charge >= 0.3 is 0 Å². The van der Waals surface area contributed by atoms with Crippen molar-refractivity contribution in [3.63, 3.8) is 0 Å². The van der Waals surface area contributed by atoms with Crippen LogP contribution in [0.1, 0.15) is 25.6 Å². The van der Waals surface area contributed by atoms with Crippen LogP contribution in [-0.4, -0.2) is 32.7 Å². The zero-order valence-electron chi connectivity index (χ0n) is 11.9. The maximum atomic E-state index is 12.3. The summed E-state index contributed by atoms with van der Waals surface area (Å²) in [5, 5.41) is 11.3. The number of nitrogens with zero attached hydrogens (tertiary/aromatic N) is 5. The summed E-state index contributed by atoms with van der Waals surface area (Å²) in [6.07, 6.45) is 1.95. The summed E-state index contributed by atoms with van der Waals surface area (Å²) in [4.78, 5) is 14.1. The fraction of sp³-hybridized carbons (Fsp3) is 0.429. The third kappa shape index (κ3) is 3.40. The number of para-hydroxylation sites is 1. The van der Waals surface area contributed by atoms with E-state index < -0.39 is 0 Å². The molecule has 1 amide bonds. The topological polar surface area (TPSA) is 63.9 Å². The summed E-state index contributed by atoms with van der Waals surface area (Å²) in [5.74, 6) is 0.939. The van der Waals surface area contributed by atoms with Crippen LogP contribution in [0.25, 0.3) is 0 Å². The van der Waals surface area contributed by atoms with Gasteiger partial charge in [0.05, 0.1) is 0 Å². The molecule has 0 spiro atoms. The Morgan fingerprint density at radius 3 is 2.65 bits per heavy atom. The van der Waals surface area contributed by atoms with Crippen LogP contribution in [0.3, 0.4) is 0 Å². The molecule has 0 N–H and O–H groups in total. The van der Waals surface area contributed by atoms with Gasteiger partial charge in [0.25, 0.3) is 0 Å². The number of anilines is 1. The van der Waals surface area contributed by atoms with Gasteiger partial charge in [0.15, 0.2) is 5.82 Å². The van der Waals surface area contributed by atoms with Gasteiger partial charge in [0, 0.05) is 32.1 Å². The molecule has 6 nitrogen and oxygen atoms in total. The van der Waals surface area contributed by atoms with E-state index in [1.165, 1.54) is 0 Å². The molecule has 2 aromatic rings. The van der Waals surface area contributed by atoms with E-state index in [0.717, 1.165) is 17.9 Å². The van der Waals surface area contributed by atoms with E-state index in [2.05, 4.69) is 15.5 Å². The van der Waals surface area contributed by atoms with E-state index in [-0.39, 0.29) is 5.91 Å². The predicted octanol–water partition coefficient (Wildman–Crippen LogP) is 1.59. The quantitative estimate of drug-likeness (QED) is 0.801. The van der Waals surface area contributed by atoms with Gasteiger partial charge in [0.1, 0.15) is 0 Å². The maximum Gasteiger partial charge on any atom is 0.226 e. The Balaban J connectivity index is 1.89. The summed E-state index contributed by atoms with van der Waals surface area (Å²) >= 11 is 0. The number of rotatable bonds is 6. The first-order valence-electron chi connectivity index (χ1n) is 6.79. The lowest BCUT2D eigenvalue weighted by molar-refractivity contribution is -0.118. The van der Waals surface area contributed by atoms with Gasteiger partial charge in [-0.2, -0.15) is 0 Å². The molecule has 6 heteroatoms. The summed E-state index contributed by atoms with van der Waals surface area (Å²) in [7, 11) is 1.81. The highest BCUT2D eigenvalue weighted by atomic mass is 16.2. The number of hydrogen-bond acceptors (Lipinski definition) is 4. The summed E-state index contributed by atoms with van der Waals surface area (Å²) in [6.45, 7) is 2.66. The zero-order chi connectivity index (χ0) is 14.4. The molecule has 0 saturated heterocycles. The fourth-order valence-corrected chi connectivity index (χ4v) is 2.10. The van der Waals surface area contributed by atoms with Gasteiger partial charge in [-0.15, -0.1) is 5.10 Å². The average molecular weight is 273 g/mol. The molecule has 2 rings (SSSR count). The highest BCUT2D eigenvalue weighted by Crippen LogP contribution is 2.15. The highest BCUT2D eigenvalue weighted by Gasteiger charge is 2.13. The van der Waals surface area contributed by atoms with Gasteiger partial charge in [-0.1, -0.05) is 18.2 Å². The van der Waals surface area contributed by atoms with E-state index in [4.69, 9.17) is 0 Å². The Morgan fingerprint density at radius 1 is 1.30 bits per heavy atom. The minimum atomic E-state index is 0.133. The second-order valence-electron chi connectivity index (χ2n) is 4.55. The van der Waals surface area contributed by atoms with Gasteiger partial charge in [-0.3, -0.25) is 4.79 Å². The molecule has 1 aromatic heterocycles. The van der Waals surface area contributed by atoms with Crippen molar-refractivity contribution in [1.82, 2.24) is 20.2 Å². The molecule has 0 atom stereocenters. The van der Waals surface area contributed by atoms with Crippen LogP contribution in [0.5, 0.6) is 0 Å². The molecule has 0 aliphatic rings. The average Bonchev–Trinajstić information content (AvgIpc) is 2.86. The maximum absolute atomic E-state index is 12.3. The number of carbonyl (C=O) groups excluding carboxylic acids is 1. The Labute approximate surface area is 118 Å². The van der Waals surface area contributed by atoms with Crippen molar-refractivity contribution in [1.29, 1.82) is 0 Å². The first kappa shape index (κ1) is 14.2. The van der Waals surface area contributed by atoms with E-state index in [0.29, 0.717) is 19.4 Å². The van der Waals surface area contributed by atoms with E-state index in [9.17, 15) is 4.79 Å². The summed E-state index contributed by atoms with van der Waals surface area (Å²) in [6, 6.07) is 9.73. The number of carbonyl (C=O) groups is 1. The molecular weight excluding hydrogens is 254 g/mol. The van der Waals surface area contributed by atoms with Crippen LogP contribution in [0.2, 0.25) is 0 Å². The zero-order valence-corrected chi connectivity index (χ0v) is 11.9. The molecule has 20 heavy (non-hydrogen) atoms. The van der Waals surface area contributed by atoms with Gasteiger partial charge in [-0.05, 0) is 35.9 Å². The number of benzene rings is 1. The van der Waals surface area contributed by atoms with Crippen LogP contribution in [-0.2, 0) is 18.3 Å². The molecule has 0 aliphatic heterocycles. The van der Waals surface area contributed by atoms with Crippen molar-refractivity contribution in [3.05, 3.63) is 36.2 Å². The predicted molar refractivity (Wildman–Crippen MR) is 76.2 cm³/mol. The Hall–Kier alpha value is -2.24. The smallest absolute Gasteiger partial charge is 0.226 e. The minimum Gasteiger partial charge on any atom is -0.313 e. The van der Waals surface area contributed by atoms with Crippen LogP contribution in [0.4, 0.5) is 5.69 Å². The third-order valence-electron chi connectivity index (χ3n) is 3.18. The molecule has 0 unspecified atom stereocenters. The van der Waals surface area contributed by atoms with Crippen LogP contribution in [0.15, 0.2) is 30.3 Å². The molecule has 0 saturated carbocycles. The van der Waals surface area contributed by atoms with Gasteiger partial charge in [0.2, 0.25) is 5.91 Å². The van der Waals surface area contributed by atoms with Gasteiger partial charge < -0.3 is 4.90 Å².